The Bertz CT molecular complexity index is 330. The summed E-state index contributed by atoms with van der Waals surface area (Å²) >= 11 is 0. The molecule has 1 aromatic carbocycles. The maximum atomic E-state index is 9.88. The number of benzene rings is 1. The van der Waals surface area contributed by atoms with Crippen LogP contribution >= 0.6 is 0 Å². The van der Waals surface area contributed by atoms with Gasteiger partial charge in [0.2, 0.25) is 0 Å². The Morgan fingerprint density at radius 1 is 1.29 bits per heavy atom. The van der Waals surface area contributed by atoms with Crippen LogP contribution in [-0.2, 0) is 16.1 Å². The first-order valence-corrected chi connectivity index (χ1v) is 5.56. The van der Waals surface area contributed by atoms with Gasteiger partial charge < -0.3 is 14.6 Å². The van der Waals surface area contributed by atoms with E-state index in [1.807, 2.05) is 19.1 Å². The molecule has 0 saturated heterocycles. The number of rotatable bonds is 8. The summed E-state index contributed by atoms with van der Waals surface area (Å²) in [4.78, 5) is 5.11. The number of nitrogens with one attached hydrogen (secondary N) is 1. The van der Waals surface area contributed by atoms with Crippen LogP contribution in [0.3, 0.4) is 0 Å². The van der Waals surface area contributed by atoms with Gasteiger partial charge in [0.1, 0.15) is 0 Å². The monoisotopic (exact) mass is 241 g/mol. The molecule has 0 amide bonds. The van der Waals surface area contributed by atoms with Crippen LogP contribution in [0.15, 0.2) is 18.2 Å². The summed E-state index contributed by atoms with van der Waals surface area (Å²) in [5, 5.41) is 9.88. The first-order chi connectivity index (χ1) is 8.29. The van der Waals surface area contributed by atoms with Crippen LogP contribution in [0, 0.1) is 0 Å². The maximum Gasteiger partial charge on any atom is 0.162 e. The summed E-state index contributed by atoms with van der Waals surface area (Å²) in [6.07, 6.45) is 0. The molecule has 0 radical (unpaired) electrons. The second kappa shape index (κ2) is 7.89. The highest BCUT2D eigenvalue weighted by Gasteiger charge is 2.07. The molecular formula is C12H19NO4. The van der Waals surface area contributed by atoms with E-state index in [1.165, 1.54) is 0 Å². The summed E-state index contributed by atoms with van der Waals surface area (Å²) in [7, 11) is 1.61. The van der Waals surface area contributed by atoms with Gasteiger partial charge in [0.25, 0.3) is 0 Å². The van der Waals surface area contributed by atoms with Crippen LogP contribution in [0.25, 0.3) is 0 Å². The lowest BCUT2D eigenvalue weighted by Gasteiger charge is -2.10. The van der Waals surface area contributed by atoms with Crippen LogP contribution < -0.4 is 10.2 Å². The van der Waals surface area contributed by atoms with Gasteiger partial charge in [0.15, 0.2) is 11.5 Å². The van der Waals surface area contributed by atoms with Crippen LogP contribution in [0.5, 0.6) is 11.5 Å². The Hall–Kier alpha value is -1.30. The standard InChI is InChI=1S/C12H19NO4/c1-3-16-11-6-4-5-10(12(11)14)9-13-17-8-7-15-2/h4-6,13-14H,3,7-9H2,1-2H3. The Morgan fingerprint density at radius 3 is 2.82 bits per heavy atom. The summed E-state index contributed by atoms with van der Waals surface area (Å²) in [5.41, 5.74) is 3.48. The summed E-state index contributed by atoms with van der Waals surface area (Å²) in [6.45, 7) is 3.80. The molecular weight excluding hydrogens is 222 g/mol. The highest BCUT2D eigenvalue weighted by Crippen LogP contribution is 2.29. The number of para-hydroxylation sites is 1. The summed E-state index contributed by atoms with van der Waals surface area (Å²) in [6, 6.07) is 5.37. The lowest BCUT2D eigenvalue weighted by Crippen LogP contribution is -2.17. The molecule has 0 atom stereocenters. The zero-order chi connectivity index (χ0) is 12.5. The van der Waals surface area contributed by atoms with E-state index >= 15 is 0 Å². The average Bonchev–Trinajstić information content (AvgIpc) is 2.33. The van der Waals surface area contributed by atoms with Crippen molar-refractivity contribution < 1.29 is 19.4 Å². The minimum Gasteiger partial charge on any atom is -0.504 e. The van der Waals surface area contributed by atoms with Crippen molar-refractivity contribution in [3.63, 3.8) is 0 Å². The summed E-state index contributed by atoms with van der Waals surface area (Å²) in [5.74, 6) is 0.640. The van der Waals surface area contributed by atoms with E-state index < -0.39 is 0 Å². The van der Waals surface area contributed by atoms with Crippen LogP contribution in [0.1, 0.15) is 12.5 Å². The minimum atomic E-state index is 0.150. The fraction of sp³-hybridized carbons (Fsp3) is 0.500. The second-order valence-electron chi connectivity index (χ2n) is 3.36. The predicted molar refractivity (Wildman–Crippen MR) is 63.9 cm³/mol. The first kappa shape index (κ1) is 13.8. The maximum absolute atomic E-state index is 9.88. The van der Waals surface area contributed by atoms with E-state index in [0.717, 1.165) is 5.56 Å². The van der Waals surface area contributed by atoms with Crippen molar-refractivity contribution in [2.75, 3.05) is 26.9 Å². The molecule has 17 heavy (non-hydrogen) atoms. The molecule has 0 aliphatic carbocycles. The van der Waals surface area contributed by atoms with Gasteiger partial charge >= 0.3 is 0 Å². The molecule has 1 rings (SSSR count). The lowest BCUT2D eigenvalue weighted by atomic mass is 10.2. The van der Waals surface area contributed by atoms with Crippen molar-refractivity contribution in [2.45, 2.75) is 13.5 Å². The number of hydrogen-bond donors (Lipinski definition) is 2. The van der Waals surface area contributed by atoms with E-state index in [2.05, 4.69) is 5.48 Å². The molecule has 5 heteroatoms. The van der Waals surface area contributed by atoms with Crippen molar-refractivity contribution in [3.8, 4) is 11.5 Å². The molecule has 96 valence electrons. The van der Waals surface area contributed by atoms with Crippen LogP contribution in [-0.4, -0.2) is 32.0 Å². The third-order valence-electron chi connectivity index (χ3n) is 2.14. The molecule has 0 unspecified atom stereocenters. The molecule has 5 nitrogen and oxygen atoms in total. The predicted octanol–water partition coefficient (Wildman–Crippen LogP) is 1.46. The van der Waals surface area contributed by atoms with E-state index in [9.17, 15) is 5.11 Å². The Kier molecular flexibility index (Phi) is 6.39. The molecule has 0 heterocycles. The van der Waals surface area contributed by atoms with Gasteiger partial charge in [-0.2, -0.15) is 5.48 Å². The highest BCUT2D eigenvalue weighted by molar-refractivity contribution is 5.45. The normalized spacial score (nSPS) is 10.5. The number of phenols is 1. The van der Waals surface area contributed by atoms with Gasteiger partial charge in [-0.15, -0.1) is 0 Å². The fourth-order valence-electron chi connectivity index (χ4n) is 1.31. The molecule has 0 spiro atoms. The molecule has 0 fully saturated rings. The van der Waals surface area contributed by atoms with Crippen LogP contribution in [0.4, 0.5) is 0 Å². The van der Waals surface area contributed by atoms with Crippen molar-refractivity contribution in [3.05, 3.63) is 23.8 Å². The van der Waals surface area contributed by atoms with Crippen molar-refractivity contribution in [1.29, 1.82) is 0 Å². The number of methoxy groups -OCH3 is 1. The van der Waals surface area contributed by atoms with Crippen molar-refractivity contribution >= 4 is 0 Å². The topological polar surface area (TPSA) is 60.0 Å². The van der Waals surface area contributed by atoms with Crippen LogP contribution in [0.2, 0.25) is 0 Å². The van der Waals surface area contributed by atoms with Gasteiger partial charge in [-0.25, -0.2) is 0 Å². The van der Waals surface area contributed by atoms with Crippen molar-refractivity contribution in [2.24, 2.45) is 0 Å². The van der Waals surface area contributed by atoms with Gasteiger partial charge in [0, 0.05) is 19.2 Å². The van der Waals surface area contributed by atoms with E-state index in [4.69, 9.17) is 14.3 Å². The Labute approximate surface area is 101 Å². The average molecular weight is 241 g/mol. The molecule has 1 aromatic rings. The quantitative estimate of drug-likeness (QED) is 0.533. The number of phenolic OH excluding ortho intramolecular Hbond substituents is 1. The van der Waals surface area contributed by atoms with Gasteiger partial charge in [-0.3, -0.25) is 4.84 Å². The molecule has 2 N–H and O–H groups in total. The van der Waals surface area contributed by atoms with Gasteiger partial charge in [0.05, 0.1) is 19.8 Å². The van der Waals surface area contributed by atoms with E-state index in [0.29, 0.717) is 32.1 Å². The highest BCUT2D eigenvalue weighted by atomic mass is 16.7. The van der Waals surface area contributed by atoms with Gasteiger partial charge in [-0.05, 0) is 13.0 Å². The SMILES string of the molecule is CCOc1cccc(CNOCCOC)c1O. The first-order valence-electron chi connectivity index (χ1n) is 5.56. The molecule has 0 bridgehead atoms. The molecule has 0 aliphatic heterocycles. The fourth-order valence-corrected chi connectivity index (χ4v) is 1.31. The molecule has 0 saturated carbocycles. The number of hydrogen-bond acceptors (Lipinski definition) is 5. The second-order valence-corrected chi connectivity index (χ2v) is 3.36. The van der Waals surface area contributed by atoms with E-state index in [1.54, 1.807) is 13.2 Å². The smallest absolute Gasteiger partial charge is 0.162 e. The Balaban J connectivity index is 2.44. The summed E-state index contributed by atoms with van der Waals surface area (Å²) < 4.78 is 10.1. The number of aromatic hydroxyl groups is 1. The largest absolute Gasteiger partial charge is 0.504 e. The number of ether oxygens (including phenoxy) is 2. The molecule has 0 aliphatic rings. The van der Waals surface area contributed by atoms with E-state index in [-0.39, 0.29) is 5.75 Å². The lowest BCUT2D eigenvalue weighted by molar-refractivity contribution is 0.00318. The zero-order valence-corrected chi connectivity index (χ0v) is 10.2. The zero-order valence-electron chi connectivity index (χ0n) is 10.2. The third kappa shape index (κ3) is 4.60. The Morgan fingerprint density at radius 2 is 2.12 bits per heavy atom. The van der Waals surface area contributed by atoms with Gasteiger partial charge in [-0.1, -0.05) is 12.1 Å². The number of hydroxylamine groups is 1. The molecule has 0 aromatic heterocycles. The third-order valence-corrected chi connectivity index (χ3v) is 2.14. The van der Waals surface area contributed by atoms with Crippen molar-refractivity contribution in [1.82, 2.24) is 5.48 Å². The minimum absolute atomic E-state index is 0.150.